The Kier molecular flexibility index (Phi) is 4.89. The van der Waals surface area contributed by atoms with Crippen molar-refractivity contribution in [2.45, 2.75) is 0 Å². The average Bonchev–Trinajstić information content (AvgIpc) is 2.18. The van der Waals surface area contributed by atoms with Gasteiger partial charge in [-0.1, -0.05) is 6.07 Å². The van der Waals surface area contributed by atoms with Crippen molar-refractivity contribution in [1.29, 1.82) is 0 Å². The second-order valence-corrected chi connectivity index (χ2v) is 3.88. The predicted octanol–water partition coefficient (Wildman–Crippen LogP) is 2.09. The number of esters is 1. The van der Waals surface area contributed by atoms with Gasteiger partial charge in [0.05, 0.1) is 12.2 Å². The minimum atomic E-state index is -0.305. The van der Waals surface area contributed by atoms with E-state index in [0.29, 0.717) is 18.8 Å². The fraction of sp³-hybridized carbons (Fsp3) is 0.300. The molecule has 0 bridgehead atoms. The molecule has 4 heteroatoms. The molecule has 14 heavy (non-hydrogen) atoms. The zero-order valence-electron chi connectivity index (χ0n) is 7.83. The highest BCUT2D eigenvalue weighted by Crippen LogP contribution is 2.08. The zero-order valence-corrected chi connectivity index (χ0v) is 9.98. The Morgan fingerprint density at radius 2 is 2.21 bits per heavy atom. The Morgan fingerprint density at radius 3 is 2.86 bits per heavy atom. The molecule has 3 nitrogen and oxygen atoms in total. The Bertz CT molecular complexity index is 312. The molecule has 1 aromatic carbocycles. The van der Waals surface area contributed by atoms with Gasteiger partial charge in [-0.25, -0.2) is 4.79 Å². The van der Waals surface area contributed by atoms with Crippen LogP contribution in [0.1, 0.15) is 10.4 Å². The Labute approximate surface area is 96.5 Å². The highest BCUT2D eigenvalue weighted by atomic mass is 127. The maximum atomic E-state index is 11.4. The van der Waals surface area contributed by atoms with E-state index in [9.17, 15) is 4.79 Å². The van der Waals surface area contributed by atoms with Crippen LogP contribution in [0.3, 0.4) is 0 Å². The molecule has 0 unspecified atom stereocenters. The van der Waals surface area contributed by atoms with Crippen LogP contribution in [0.25, 0.3) is 0 Å². The number of hydrogen-bond acceptors (Lipinski definition) is 3. The molecule has 76 valence electrons. The van der Waals surface area contributed by atoms with Crippen LogP contribution in [0.2, 0.25) is 0 Å². The number of carbonyl (C=O) groups excluding carboxylic acids is 1. The molecule has 0 aromatic heterocycles. The number of rotatable bonds is 4. The van der Waals surface area contributed by atoms with Crippen molar-refractivity contribution < 1.29 is 14.3 Å². The van der Waals surface area contributed by atoms with Crippen molar-refractivity contribution in [3.8, 4) is 0 Å². The van der Waals surface area contributed by atoms with Crippen LogP contribution in [0.4, 0.5) is 0 Å². The number of halogens is 1. The Hall–Kier alpha value is -0.620. The first-order valence-electron chi connectivity index (χ1n) is 4.15. The molecule has 0 atom stereocenters. The minimum Gasteiger partial charge on any atom is -0.460 e. The van der Waals surface area contributed by atoms with Gasteiger partial charge in [-0.15, -0.1) is 0 Å². The second-order valence-electron chi connectivity index (χ2n) is 2.64. The molecule has 0 amide bonds. The topological polar surface area (TPSA) is 35.5 Å². The number of hydrogen-bond donors (Lipinski definition) is 0. The largest absolute Gasteiger partial charge is 0.460 e. The van der Waals surface area contributed by atoms with Gasteiger partial charge < -0.3 is 9.47 Å². The van der Waals surface area contributed by atoms with Crippen molar-refractivity contribution >= 4 is 28.6 Å². The van der Waals surface area contributed by atoms with Crippen LogP contribution < -0.4 is 0 Å². The fourth-order valence-corrected chi connectivity index (χ4v) is 1.46. The van der Waals surface area contributed by atoms with Crippen LogP contribution >= 0.6 is 22.6 Å². The van der Waals surface area contributed by atoms with E-state index in [1.54, 1.807) is 19.2 Å². The molecule has 1 aromatic rings. The van der Waals surface area contributed by atoms with Gasteiger partial charge in [0.1, 0.15) is 6.61 Å². The van der Waals surface area contributed by atoms with E-state index < -0.39 is 0 Å². The molecule has 0 saturated heterocycles. The van der Waals surface area contributed by atoms with Crippen molar-refractivity contribution in [2.75, 3.05) is 20.3 Å². The third-order valence-corrected chi connectivity index (χ3v) is 2.25. The fourth-order valence-electron chi connectivity index (χ4n) is 0.916. The monoisotopic (exact) mass is 306 g/mol. The number of carbonyl (C=O) groups is 1. The highest BCUT2D eigenvalue weighted by molar-refractivity contribution is 14.1. The number of ether oxygens (including phenoxy) is 2. The Balaban J connectivity index is 2.52. The van der Waals surface area contributed by atoms with E-state index in [-0.39, 0.29) is 5.97 Å². The van der Waals surface area contributed by atoms with Gasteiger partial charge in [-0.05, 0) is 40.8 Å². The van der Waals surface area contributed by atoms with Crippen molar-refractivity contribution in [1.82, 2.24) is 0 Å². The maximum Gasteiger partial charge on any atom is 0.338 e. The van der Waals surface area contributed by atoms with E-state index >= 15 is 0 Å². The molecule has 0 spiro atoms. The first-order valence-corrected chi connectivity index (χ1v) is 5.23. The van der Waals surface area contributed by atoms with Gasteiger partial charge in [0.15, 0.2) is 0 Å². The van der Waals surface area contributed by atoms with Crippen LogP contribution in [0.15, 0.2) is 24.3 Å². The van der Waals surface area contributed by atoms with E-state index in [1.807, 2.05) is 12.1 Å². The lowest BCUT2D eigenvalue weighted by Crippen LogP contribution is -2.09. The summed E-state index contributed by atoms with van der Waals surface area (Å²) in [7, 11) is 1.57. The smallest absolute Gasteiger partial charge is 0.338 e. The lowest BCUT2D eigenvalue weighted by atomic mass is 10.2. The van der Waals surface area contributed by atoms with Gasteiger partial charge in [-0.3, -0.25) is 0 Å². The van der Waals surface area contributed by atoms with Gasteiger partial charge in [0.25, 0.3) is 0 Å². The SMILES string of the molecule is COCCOC(=O)c1cccc(I)c1. The number of methoxy groups -OCH3 is 1. The predicted molar refractivity (Wildman–Crippen MR) is 61.3 cm³/mol. The third-order valence-electron chi connectivity index (χ3n) is 1.58. The van der Waals surface area contributed by atoms with Gasteiger partial charge in [0.2, 0.25) is 0 Å². The first kappa shape index (κ1) is 11.5. The lowest BCUT2D eigenvalue weighted by molar-refractivity contribution is 0.0388. The zero-order chi connectivity index (χ0) is 10.4. The van der Waals surface area contributed by atoms with Crippen molar-refractivity contribution in [3.05, 3.63) is 33.4 Å². The van der Waals surface area contributed by atoms with Gasteiger partial charge >= 0.3 is 5.97 Å². The molecule has 0 saturated carbocycles. The number of benzene rings is 1. The summed E-state index contributed by atoms with van der Waals surface area (Å²) in [6.07, 6.45) is 0. The summed E-state index contributed by atoms with van der Waals surface area (Å²) < 4.78 is 10.7. The lowest BCUT2D eigenvalue weighted by Gasteiger charge is -2.03. The molecule has 0 N–H and O–H groups in total. The van der Waals surface area contributed by atoms with E-state index in [0.717, 1.165) is 3.57 Å². The summed E-state index contributed by atoms with van der Waals surface area (Å²) in [6, 6.07) is 7.27. The van der Waals surface area contributed by atoms with Crippen molar-refractivity contribution in [2.24, 2.45) is 0 Å². The van der Waals surface area contributed by atoms with Crippen molar-refractivity contribution in [3.63, 3.8) is 0 Å². The van der Waals surface area contributed by atoms with Gasteiger partial charge in [-0.2, -0.15) is 0 Å². The molecule has 0 fully saturated rings. The van der Waals surface area contributed by atoms with E-state index in [4.69, 9.17) is 9.47 Å². The summed E-state index contributed by atoms with van der Waals surface area (Å²) in [5.74, 6) is -0.305. The first-order chi connectivity index (χ1) is 6.74. The van der Waals surface area contributed by atoms with Crippen LogP contribution in [0.5, 0.6) is 0 Å². The van der Waals surface area contributed by atoms with E-state index in [2.05, 4.69) is 22.6 Å². The quantitative estimate of drug-likeness (QED) is 0.485. The molecule has 0 aliphatic carbocycles. The molecular weight excluding hydrogens is 295 g/mol. The maximum absolute atomic E-state index is 11.4. The molecule has 0 heterocycles. The standard InChI is InChI=1S/C10H11IO3/c1-13-5-6-14-10(12)8-3-2-4-9(11)7-8/h2-4,7H,5-6H2,1H3. The molecular formula is C10H11IO3. The summed E-state index contributed by atoms with van der Waals surface area (Å²) in [4.78, 5) is 11.4. The molecule has 0 aliphatic rings. The Morgan fingerprint density at radius 1 is 1.43 bits per heavy atom. The average molecular weight is 306 g/mol. The second kappa shape index (κ2) is 5.98. The highest BCUT2D eigenvalue weighted by Gasteiger charge is 2.06. The molecule has 1 rings (SSSR count). The van der Waals surface area contributed by atoms with Crippen LogP contribution in [-0.2, 0) is 9.47 Å². The van der Waals surface area contributed by atoms with Crippen LogP contribution in [-0.4, -0.2) is 26.3 Å². The summed E-state index contributed by atoms with van der Waals surface area (Å²) in [5.41, 5.74) is 0.577. The van der Waals surface area contributed by atoms with E-state index in [1.165, 1.54) is 0 Å². The summed E-state index contributed by atoms with van der Waals surface area (Å²) in [5, 5.41) is 0. The summed E-state index contributed by atoms with van der Waals surface area (Å²) in [6.45, 7) is 0.719. The molecule has 0 aliphatic heterocycles. The normalized spacial score (nSPS) is 9.86. The molecule has 0 radical (unpaired) electrons. The van der Waals surface area contributed by atoms with Gasteiger partial charge in [0, 0.05) is 10.7 Å². The van der Waals surface area contributed by atoms with Crippen LogP contribution in [0, 0.1) is 3.57 Å². The minimum absolute atomic E-state index is 0.292. The third kappa shape index (κ3) is 3.63. The summed E-state index contributed by atoms with van der Waals surface area (Å²) >= 11 is 2.15.